The van der Waals surface area contributed by atoms with Crippen LogP contribution in [0, 0.1) is 16.7 Å². The van der Waals surface area contributed by atoms with E-state index in [-0.39, 0.29) is 44.1 Å². The molecule has 0 unspecified atom stereocenters. The summed E-state index contributed by atoms with van der Waals surface area (Å²) < 4.78 is 87.2. The summed E-state index contributed by atoms with van der Waals surface area (Å²) in [5.41, 5.74) is -9.83. The highest BCUT2D eigenvalue weighted by molar-refractivity contribution is 5.89. The summed E-state index contributed by atoms with van der Waals surface area (Å²) in [6.45, 7) is 12.3. The van der Waals surface area contributed by atoms with Gasteiger partial charge in [-0.2, -0.15) is 0 Å². The van der Waals surface area contributed by atoms with Crippen LogP contribution < -0.4 is 0 Å². The molecular weight excluding hydrogens is 1130 g/mol. The van der Waals surface area contributed by atoms with Gasteiger partial charge in [0.25, 0.3) is 0 Å². The standard InChI is InChI=1S/C65H92O22/c1-35-52(67)57(77-11)53(68)59(81-35)87-56-38(4)80-51(32-45(56)76-10)86-55-37(3)79-50(31-44(55)75-9)85-54-36(2)78-49(30-43(54)74-8)83-42-24-25-60(6)46-33-47(84-48(66)23-22-40-18-14-12-15-19-40)61(7)63(71,39(5)82-58(69)41-20-16-13-17-21-41)28-29-65(61,73)64(46,72)27-26-62(60,70)34-42/h12-23,26-27,35-39,42-47,49-57,59,67-68,70-73H,24-25,28-34H2,1-11H3/b23-22+/t35-,36-,37-,38-,39-,42-,43-,44-,45-,46-,47-,49+,50+,51+,52-,53-,54-,55-,56-,57+,59+,60-,61-,62-,63+,64+,65-/m1/s1. The van der Waals surface area contributed by atoms with E-state index in [2.05, 4.69) is 0 Å². The van der Waals surface area contributed by atoms with Gasteiger partial charge in [-0.1, -0.05) is 74.5 Å². The van der Waals surface area contributed by atoms with Crippen molar-refractivity contribution in [3.8, 4) is 0 Å². The number of aliphatic hydroxyl groups is 6. The number of carbonyl (C=O) groups is 2. The van der Waals surface area contributed by atoms with Crippen molar-refractivity contribution < 1.29 is 107 Å². The normalized spacial score (nSPS) is 46.7. The van der Waals surface area contributed by atoms with Crippen LogP contribution in [0.25, 0.3) is 6.08 Å². The molecule has 0 spiro atoms. The van der Waals surface area contributed by atoms with E-state index in [1.54, 1.807) is 84.6 Å². The lowest BCUT2D eigenvalue weighted by atomic mass is 9.41. The van der Waals surface area contributed by atoms with Crippen molar-refractivity contribution in [2.45, 2.75) is 251 Å². The quantitative estimate of drug-likeness (QED) is 0.0662. The molecule has 4 aliphatic heterocycles. The molecule has 0 aromatic heterocycles. The van der Waals surface area contributed by atoms with Crippen molar-refractivity contribution in [2.75, 3.05) is 28.4 Å². The van der Waals surface area contributed by atoms with Crippen LogP contribution in [0.1, 0.15) is 122 Å². The van der Waals surface area contributed by atoms with Gasteiger partial charge in [0.2, 0.25) is 0 Å². The monoisotopic (exact) mass is 1220 g/mol. The predicted molar refractivity (Wildman–Crippen MR) is 309 cm³/mol. The van der Waals surface area contributed by atoms with Gasteiger partial charge in [-0.05, 0) is 90.5 Å². The van der Waals surface area contributed by atoms with E-state index >= 15 is 0 Å². The van der Waals surface area contributed by atoms with Crippen LogP contribution >= 0.6 is 0 Å². The van der Waals surface area contributed by atoms with Crippen molar-refractivity contribution in [3.05, 3.63) is 90.0 Å². The molecule has 10 rings (SSSR count). The van der Waals surface area contributed by atoms with Gasteiger partial charge in [0.1, 0.15) is 65.6 Å². The molecule has 0 bridgehead atoms. The zero-order chi connectivity index (χ0) is 62.6. The fourth-order valence-electron chi connectivity index (χ4n) is 16.1. The van der Waals surface area contributed by atoms with Crippen LogP contribution in [0.4, 0.5) is 0 Å². The lowest BCUT2D eigenvalue weighted by molar-refractivity contribution is -0.356. The number of rotatable bonds is 18. The first-order valence-corrected chi connectivity index (χ1v) is 30.8. The molecule has 8 aliphatic rings. The zero-order valence-corrected chi connectivity index (χ0v) is 51.8. The maximum absolute atomic E-state index is 14.0. The first-order valence-electron chi connectivity index (χ1n) is 30.8. The van der Waals surface area contributed by atoms with Crippen molar-refractivity contribution in [3.63, 3.8) is 0 Å². The second kappa shape index (κ2) is 26.0. The number of esters is 2. The van der Waals surface area contributed by atoms with E-state index in [0.717, 1.165) is 5.56 Å². The SMILES string of the molecule is CO[C@@H]1[C@@H](O)[C@H](O[C@@H]2[C@@H](C)O[C@@H](O[C@@H]3[C@@H](C)O[C@@H](O[C@@H]4[C@@H](C)O[C@@H](O[C@@H]5CC[C@]6(C)[C@H]7C[C@@H](OC(=O)/C=C/c8ccccc8)[C@@]8(C)[C@](O)(CC[C@]8(O)[C@@H](C)OC(=O)c8ccccc8)[C@]7(O)C=C[C@@]6(O)C5)C[C@H]4OC)C[C@H]3OC)C[C@H]2OC)O[C@H](C)[C@H]1O. The molecular formula is C65H92O22. The molecule has 0 radical (unpaired) electrons. The molecule has 27 atom stereocenters. The molecule has 6 N–H and O–H groups in total. The Bertz CT molecular complexity index is 2720. The Morgan fingerprint density at radius 2 is 1.16 bits per heavy atom. The number of ether oxygens (including phenoxy) is 14. The summed E-state index contributed by atoms with van der Waals surface area (Å²) in [5.74, 6) is -2.36. The molecule has 87 heavy (non-hydrogen) atoms. The van der Waals surface area contributed by atoms with Crippen molar-refractivity contribution in [2.24, 2.45) is 16.7 Å². The molecule has 2 aromatic carbocycles. The molecule has 4 aliphatic carbocycles. The minimum atomic E-state index is -2.17. The summed E-state index contributed by atoms with van der Waals surface area (Å²) in [7, 11) is 6.17. The molecule has 7 fully saturated rings. The van der Waals surface area contributed by atoms with Gasteiger partial charge >= 0.3 is 11.9 Å². The molecule has 3 saturated carbocycles. The van der Waals surface area contributed by atoms with Crippen LogP contribution in [0.15, 0.2) is 78.9 Å². The first-order chi connectivity index (χ1) is 41.3. The predicted octanol–water partition coefficient (Wildman–Crippen LogP) is 4.83. The third-order valence-electron chi connectivity index (χ3n) is 21.3. The first kappa shape index (κ1) is 66.1. The topological polar surface area (TPSA) is 285 Å². The van der Waals surface area contributed by atoms with Gasteiger partial charge in [0.15, 0.2) is 25.2 Å². The molecule has 484 valence electrons. The van der Waals surface area contributed by atoms with E-state index < -0.39 is 174 Å². The zero-order valence-electron chi connectivity index (χ0n) is 51.8. The number of hydrogen-bond donors (Lipinski definition) is 6. The largest absolute Gasteiger partial charge is 0.458 e. The third kappa shape index (κ3) is 11.9. The van der Waals surface area contributed by atoms with E-state index in [9.17, 15) is 40.2 Å². The fourth-order valence-corrected chi connectivity index (χ4v) is 16.1. The Balaban J connectivity index is 0.787. The second-order valence-corrected chi connectivity index (χ2v) is 25.9. The molecule has 22 nitrogen and oxygen atoms in total. The van der Waals surface area contributed by atoms with Gasteiger partial charge in [0, 0.05) is 71.5 Å². The van der Waals surface area contributed by atoms with Crippen molar-refractivity contribution in [1.82, 2.24) is 0 Å². The molecule has 22 heteroatoms. The molecule has 4 saturated heterocycles. The Kier molecular flexibility index (Phi) is 19.8. The molecule has 2 aromatic rings. The lowest BCUT2D eigenvalue weighted by Gasteiger charge is -2.68. The highest BCUT2D eigenvalue weighted by Gasteiger charge is 2.82. The highest BCUT2D eigenvalue weighted by atomic mass is 16.8. The van der Waals surface area contributed by atoms with E-state index in [0.29, 0.717) is 19.3 Å². The van der Waals surface area contributed by atoms with Crippen LogP contribution in [0.2, 0.25) is 0 Å². The summed E-state index contributed by atoms with van der Waals surface area (Å²) in [4.78, 5) is 27.5. The summed E-state index contributed by atoms with van der Waals surface area (Å²) in [5, 5.41) is 74.2. The average Bonchev–Trinajstić information content (AvgIpc) is 1.62. The number of carbonyl (C=O) groups excluding carboxylic acids is 2. The highest BCUT2D eigenvalue weighted by Crippen LogP contribution is 2.72. The van der Waals surface area contributed by atoms with Crippen LogP contribution in [-0.2, 0) is 71.1 Å². The van der Waals surface area contributed by atoms with Gasteiger partial charge in [-0.15, -0.1) is 0 Å². The van der Waals surface area contributed by atoms with E-state index in [4.69, 9.17) is 66.3 Å². The van der Waals surface area contributed by atoms with Gasteiger partial charge in [0.05, 0.1) is 65.4 Å². The maximum atomic E-state index is 14.0. The van der Waals surface area contributed by atoms with Crippen molar-refractivity contribution in [1.29, 1.82) is 0 Å². The van der Waals surface area contributed by atoms with Gasteiger partial charge in [-0.3, -0.25) is 0 Å². The van der Waals surface area contributed by atoms with Crippen LogP contribution in [0.5, 0.6) is 0 Å². The Morgan fingerprint density at radius 3 is 1.71 bits per heavy atom. The number of methoxy groups -OCH3 is 4. The Morgan fingerprint density at radius 1 is 0.621 bits per heavy atom. The second-order valence-electron chi connectivity index (χ2n) is 25.9. The Hall–Kier alpha value is -3.86. The Labute approximate surface area is 509 Å². The van der Waals surface area contributed by atoms with E-state index in [1.165, 1.54) is 19.3 Å². The number of aliphatic hydroxyl groups excluding tert-OH is 2. The third-order valence-corrected chi connectivity index (χ3v) is 21.3. The van der Waals surface area contributed by atoms with Gasteiger partial charge in [-0.25, -0.2) is 9.59 Å². The molecule has 4 heterocycles. The number of hydrogen-bond acceptors (Lipinski definition) is 22. The fraction of sp³-hybridized carbons (Fsp3) is 0.723. The minimum absolute atomic E-state index is 0.0771. The summed E-state index contributed by atoms with van der Waals surface area (Å²) >= 11 is 0. The average molecular weight is 1230 g/mol. The maximum Gasteiger partial charge on any atom is 0.338 e. The van der Waals surface area contributed by atoms with Gasteiger partial charge < -0.3 is 97.0 Å². The smallest absolute Gasteiger partial charge is 0.338 e. The van der Waals surface area contributed by atoms with Crippen LogP contribution in [-0.4, -0.2) is 216 Å². The minimum Gasteiger partial charge on any atom is -0.458 e. The summed E-state index contributed by atoms with van der Waals surface area (Å²) in [6, 6.07) is 17.5. The van der Waals surface area contributed by atoms with Crippen LogP contribution in [0.3, 0.4) is 0 Å². The van der Waals surface area contributed by atoms with E-state index in [1.807, 2.05) is 58.0 Å². The molecule has 0 amide bonds. The summed E-state index contributed by atoms with van der Waals surface area (Å²) in [6.07, 6.45) is -8.01. The van der Waals surface area contributed by atoms with Crippen molar-refractivity contribution >= 4 is 18.0 Å². The number of fused-ring (bicyclic) bond motifs is 5. The lowest BCUT2D eigenvalue weighted by Crippen LogP contribution is -2.80. The number of benzene rings is 2.